The van der Waals surface area contributed by atoms with Crippen molar-refractivity contribution in [2.24, 2.45) is 9.98 Å². The Morgan fingerprint density at radius 3 is 1.05 bits per heavy atom. The topological polar surface area (TPSA) is 34.6 Å². The van der Waals surface area contributed by atoms with Gasteiger partial charge < -0.3 is 9.13 Å². The van der Waals surface area contributed by atoms with Gasteiger partial charge in [-0.05, 0) is 62.5 Å². The third-order valence-electron chi connectivity index (χ3n) is 7.94. The number of aromatic nitrogens is 2. The predicted molar refractivity (Wildman–Crippen MR) is 193 cm³/mol. The van der Waals surface area contributed by atoms with E-state index < -0.39 is 0 Å². The molecule has 2 rings (SSSR count). The first-order valence-corrected chi connectivity index (χ1v) is 19.6. The molecule has 0 unspecified atom stereocenters. The number of hydrogen-bond acceptors (Lipinski definition) is 3. The Labute approximate surface area is 270 Å². The van der Waals surface area contributed by atoms with Crippen LogP contribution in [-0.4, -0.2) is 34.7 Å². The van der Waals surface area contributed by atoms with Gasteiger partial charge in [-0.2, -0.15) is 11.8 Å². The van der Waals surface area contributed by atoms with Crippen LogP contribution in [0, 0.1) is 0 Å². The fraction of sp³-hybridized carbons (Fsp3) is 0.737. The molecule has 2 aromatic heterocycles. The van der Waals surface area contributed by atoms with Gasteiger partial charge in [-0.15, -0.1) is 0 Å². The molecule has 43 heavy (non-hydrogen) atoms. The molecular weight excluding hydrogens is 545 g/mol. The average Bonchev–Trinajstić information content (AvgIpc) is 3.03. The van der Waals surface area contributed by atoms with Crippen LogP contribution in [0.4, 0.5) is 0 Å². The highest BCUT2D eigenvalue weighted by Crippen LogP contribution is 2.10. The molecule has 0 atom stereocenters. The third kappa shape index (κ3) is 24.3. The SMILES string of the molecule is CCCCCCCCN=c1ccn(CCCCCCCCCCn2ccc(=NCCCCCCCC)cc2)cc1.CSC. The molecule has 0 N–H and O–H groups in total. The van der Waals surface area contributed by atoms with Gasteiger partial charge in [0.25, 0.3) is 0 Å². The number of hydrogen-bond donors (Lipinski definition) is 0. The minimum absolute atomic E-state index is 0.970. The number of pyridine rings is 2. The maximum atomic E-state index is 4.74. The second-order valence-corrected chi connectivity index (χ2v) is 12.9. The zero-order valence-electron chi connectivity index (χ0n) is 28.8. The first-order chi connectivity index (χ1) is 21.2. The highest BCUT2D eigenvalue weighted by Gasteiger charge is 1.96. The summed E-state index contributed by atoms with van der Waals surface area (Å²) in [5.41, 5.74) is 0. The van der Waals surface area contributed by atoms with Crippen LogP contribution in [0.1, 0.15) is 142 Å². The summed E-state index contributed by atoms with van der Waals surface area (Å²) in [4.78, 5) is 9.48. The van der Waals surface area contributed by atoms with Crippen LogP contribution < -0.4 is 10.7 Å². The van der Waals surface area contributed by atoms with E-state index >= 15 is 0 Å². The molecule has 0 aromatic carbocycles. The van der Waals surface area contributed by atoms with Crippen molar-refractivity contribution in [3.05, 3.63) is 59.8 Å². The van der Waals surface area contributed by atoms with Crippen LogP contribution in [-0.2, 0) is 13.1 Å². The molecule has 0 aliphatic carbocycles. The molecule has 0 aliphatic rings. The zero-order valence-corrected chi connectivity index (χ0v) is 29.6. The zero-order chi connectivity index (χ0) is 31.1. The molecule has 246 valence electrons. The van der Waals surface area contributed by atoms with Crippen LogP contribution >= 0.6 is 11.8 Å². The lowest BCUT2D eigenvalue weighted by Gasteiger charge is -2.07. The standard InChI is InChI=1S/C36H62N4.C2H6S/c1-3-5-7-9-15-19-27-37-35-23-31-39(32-24-35)29-21-17-13-11-12-14-18-22-30-40-33-25-36(26-34-40)38-28-20-16-10-8-6-4-2;1-3-2/h23-26,31-34H,3-22,27-30H2,1-2H3;1-2H3. The number of thioether (sulfide) groups is 1. The molecule has 4 nitrogen and oxygen atoms in total. The van der Waals surface area contributed by atoms with Gasteiger partial charge in [0, 0.05) is 51.0 Å². The summed E-state index contributed by atoms with van der Waals surface area (Å²) in [6, 6.07) is 8.71. The largest absolute Gasteiger partial charge is 0.354 e. The van der Waals surface area contributed by atoms with E-state index in [-0.39, 0.29) is 0 Å². The fourth-order valence-corrected chi connectivity index (χ4v) is 5.26. The summed E-state index contributed by atoms with van der Waals surface area (Å²) in [6.07, 6.45) is 39.6. The lowest BCUT2D eigenvalue weighted by molar-refractivity contribution is 0.524. The highest BCUT2D eigenvalue weighted by atomic mass is 32.2. The van der Waals surface area contributed by atoms with Gasteiger partial charge in [0.05, 0.1) is 10.7 Å². The fourth-order valence-electron chi connectivity index (χ4n) is 5.26. The minimum Gasteiger partial charge on any atom is -0.354 e. The molecule has 0 spiro atoms. The number of aryl methyl sites for hydroxylation is 2. The smallest absolute Gasteiger partial charge is 0.0603 e. The molecule has 0 saturated heterocycles. The second-order valence-electron chi connectivity index (χ2n) is 12.1. The van der Waals surface area contributed by atoms with Crippen molar-refractivity contribution >= 4 is 11.8 Å². The first kappa shape index (κ1) is 39.3. The van der Waals surface area contributed by atoms with Crippen molar-refractivity contribution in [2.75, 3.05) is 25.6 Å². The molecule has 0 amide bonds. The molecule has 5 heteroatoms. The van der Waals surface area contributed by atoms with E-state index in [0.717, 1.165) is 36.9 Å². The molecule has 0 radical (unpaired) electrons. The van der Waals surface area contributed by atoms with Crippen molar-refractivity contribution in [3.63, 3.8) is 0 Å². The summed E-state index contributed by atoms with van der Waals surface area (Å²) < 4.78 is 4.63. The highest BCUT2D eigenvalue weighted by molar-refractivity contribution is 7.97. The van der Waals surface area contributed by atoms with Crippen LogP contribution in [0.5, 0.6) is 0 Å². The van der Waals surface area contributed by atoms with Gasteiger partial charge in [0.2, 0.25) is 0 Å². The van der Waals surface area contributed by atoms with Gasteiger partial charge in [-0.1, -0.05) is 117 Å². The summed E-state index contributed by atoms with van der Waals surface area (Å²) >= 11 is 1.75. The second kappa shape index (κ2) is 30.3. The molecule has 0 aliphatic heterocycles. The van der Waals surface area contributed by atoms with Crippen molar-refractivity contribution in [3.8, 4) is 0 Å². The lowest BCUT2D eigenvalue weighted by atomic mass is 10.1. The van der Waals surface area contributed by atoms with Crippen LogP contribution in [0.3, 0.4) is 0 Å². The third-order valence-corrected chi connectivity index (χ3v) is 7.94. The maximum absolute atomic E-state index is 4.74. The Balaban J connectivity index is 0.00000295. The quantitative estimate of drug-likeness (QED) is 0.103. The van der Waals surface area contributed by atoms with Crippen LogP contribution in [0.25, 0.3) is 0 Å². The van der Waals surface area contributed by atoms with E-state index in [0.29, 0.717) is 0 Å². The first-order valence-electron chi connectivity index (χ1n) is 18.0. The van der Waals surface area contributed by atoms with Gasteiger partial charge in [-0.25, -0.2) is 0 Å². The van der Waals surface area contributed by atoms with Gasteiger partial charge in [0.15, 0.2) is 0 Å². The van der Waals surface area contributed by atoms with Crippen LogP contribution in [0.2, 0.25) is 0 Å². The van der Waals surface area contributed by atoms with Crippen molar-refractivity contribution in [2.45, 2.75) is 155 Å². The van der Waals surface area contributed by atoms with E-state index in [1.165, 1.54) is 128 Å². The van der Waals surface area contributed by atoms with E-state index in [2.05, 4.69) is 72.0 Å². The maximum Gasteiger partial charge on any atom is 0.0603 e. The van der Waals surface area contributed by atoms with Crippen molar-refractivity contribution in [1.29, 1.82) is 0 Å². The van der Waals surface area contributed by atoms with E-state index in [9.17, 15) is 0 Å². The Kier molecular flexibility index (Phi) is 27.7. The van der Waals surface area contributed by atoms with Gasteiger partial charge >= 0.3 is 0 Å². The Morgan fingerprint density at radius 2 is 0.721 bits per heavy atom. The molecule has 0 fully saturated rings. The average molecular weight is 613 g/mol. The Hall–Kier alpha value is -1.75. The van der Waals surface area contributed by atoms with Crippen molar-refractivity contribution < 1.29 is 0 Å². The predicted octanol–water partition coefficient (Wildman–Crippen LogP) is 10.6. The minimum atomic E-state index is 0.970. The molecule has 0 bridgehead atoms. The van der Waals surface area contributed by atoms with E-state index in [4.69, 9.17) is 9.98 Å². The van der Waals surface area contributed by atoms with Gasteiger partial charge in [0.1, 0.15) is 0 Å². The number of unbranched alkanes of at least 4 members (excludes halogenated alkanes) is 17. The van der Waals surface area contributed by atoms with Crippen LogP contribution in [0.15, 0.2) is 59.0 Å². The molecule has 2 aromatic rings. The molecular formula is C38H68N4S. The van der Waals surface area contributed by atoms with Gasteiger partial charge in [-0.3, -0.25) is 9.98 Å². The monoisotopic (exact) mass is 613 g/mol. The normalized spacial score (nSPS) is 10.8. The number of rotatable bonds is 25. The lowest BCUT2D eigenvalue weighted by Crippen LogP contribution is -2.06. The summed E-state index contributed by atoms with van der Waals surface area (Å²) in [7, 11) is 0. The summed E-state index contributed by atoms with van der Waals surface area (Å²) in [5.74, 6) is 0. The van der Waals surface area contributed by atoms with Crippen molar-refractivity contribution in [1.82, 2.24) is 9.13 Å². The Bertz CT molecular complexity index is 873. The summed E-state index contributed by atoms with van der Waals surface area (Å²) in [5, 5.41) is 2.27. The summed E-state index contributed by atoms with van der Waals surface area (Å²) in [6.45, 7) is 8.74. The van der Waals surface area contributed by atoms with E-state index in [1.807, 2.05) is 12.5 Å². The Morgan fingerprint density at radius 1 is 0.442 bits per heavy atom. The van der Waals surface area contributed by atoms with E-state index in [1.54, 1.807) is 11.8 Å². The number of nitrogens with zero attached hydrogens (tertiary/aromatic N) is 4. The molecule has 2 heterocycles. The molecule has 0 saturated carbocycles.